The van der Waals surface area contributed by atoms with E-state index in [-0.39, 0.29) is 5.91 Å². The molecule has 112 valence electrons. The van der Waals surface area contributed by atoms with Crippen molar-refractivity contribution in [3.05, 3.63) is 17.7 Å². The normalized spacial score (nSPS) is 20.1. The summed E-state index contributed by atoms with van der Waals surface area (Å²) in [5.41, 5.74) is 2.23. The number of nitrogens with one attached hydrogen (secondary N) is 1. The molecule has 0 spiro atoms. The van der Waals surface area contributed by atoms with E-state index in [1.165, 1.54) is 18.5 Å². The van der Waals surface area contributed by atoms with Gasteiger partial charge in [0.1, 0.15) is 0 Å². The molecular formula is C15H26N4O. The van der Waals surface area contributed by atoms with E-state index in [0.717, 1.165) is 25.2 Å². The number of carbonyl (C=O) groups excluding carboxylic acids is 1. The maximum absolute atomic E-state index is 12.0. The smallest absolute Gasteiger partial charge is 0.221 e. The second kappa shape index (κ2) is 6.88. The fourth-order valence-electron chi connectivity index (χ4n) is 2.77. The number of amides is 1. The van der Waals surface area contributed by atoms with Gasteiger partial charge >= 0.3 is 0 Å². The number of hydrogen-bond acceptors (Lipinski definition) is 3. The Labute approximate surface area is 121 Å². The van der Waals surface area contributed by atoms with Crippen LogP contribution in [0, 0.1) is 13.8 Å². The third-order valence-electron chi connectivity index (χ3n) is 4.36. The van der Waals surface area contributed by atoms with Crippen LogP contribution in [0.1, 0.15) is 37.1 Å². The quantitative estimate of drug-likeness (QED) is 0.888. The lowest BCUT2D eigenvalue weighted by Crippen LogP contribution is -2.40. The summed E-state index contributed by atoms with van der Waals surface area (Å²) in [4.78, 5) is 18.5. The molecule has 5 nitrogen and oxygen atoms in total. The van der Waals surface area contributed by atoms with E-state index in [2.05, 4.69) is 33.7 Å². The number of aryl methyl sites for hydroxylation is 1. The first-order chi connectivity index (χ1) is 9.58. The summed E-state index contributed by atoms with van der Waals surface area (Å²) in [6, 6.07) is 0.418. The van der Waals surface area contributed by atoms with Crippen molar-refractivity contribution in [3.8, 4) is 0 Å². The van der Waals surface area contributed by atoms with Crippen LogP contribution < -0.4 is 5.32 Å². The lowest BCUT2D eigenvalue weighted by atomic mass is 10.00. The standard InChI is InChI=1S/C15H26N4O/c1-12-13(2)19(11-17-12)9-7-16-15(20)10-14-6-4-5-8-18(14)3/h11,14H,4-10H2,1-3H3,(H,16,20)/t14-/m1/s1. The lowest BCUT2D eigenvalue weighted by Gasteiger charge is -2.31. The van der Waals surface area contributed by atoms with Gasteiger partial charge in [-0.1, -0.05) is 6.42 Å². The second-order valence-corrected chi connectivity index (χ2v) is 5.79. The van der Waals surface area contributed by atoms with Gasteiger partial charge in [0.25, 0.3) is 0 Å². The Hall–Kier alpha value is -1.36. The summed E-state index contributed by atoms with van der Waals surface area (Å²) in [6.07, 6.45) is 6.11. The van der Waals surface area contributed by atoms with Gasteiger partial charge in [-0.2, -0.15) is 0 Å². The highest BCUT2D eigenvalue weighted by atomic mass is 16.1. The molecule has 1 aromatic rings. The van der Waals surface area contributed by atoms with Gasteiger partial charge in [-0.05, 0) is 40.3 Å². The van der Waals surface area contributed by atoms with E-state index in [4.69, 9.17) is 0 Å². The number of rotatable bonds is 5. The van der Waals surface area contributed by atoms with Gasteiger partial charge in [0.05, 0.1) is 12.0 Å². The van der Waals surface area contributed by atoms with Gasteiger partial charge in [-0.3, -0.25) is 4.79 Å². The molecular weight excluding hydrogens is 252 g/mol. The molecule has 0 bridgehead atoms. The topological polar surface area (TPSA) is 50.2 Å². The van der Waals surface area contributed by atoms with Crippen LogP contribution in [0.25, 0.3) is 0 Å². The second-order valence-electron chi connectivity index (χ2n) is 5.79. The first kappa shape index (κ1) is 15.0. The fourth-order valence-corrected chi connectivity index (χ4v) is 2.77. The molecule has 1 aromatic heterocycles. The monoisotopic (exact) mass is 278 g/mol. The summed E-state index contributed by atoms with van der Waals surface area (Å²) in [5, 5.41) is 3.02. The zero-order chi connectivity index (χ0) is 14.5. The van der Waals surface area contributed by atoms with Crippen molar-refractivity contribution in [2.45, 2.75) is 52.1 Å². The van der Waals surface area contributed by atoms with Gasteiger partial charge in [-0.15, -0.1) is 0 Å². The van der Waals surface area contributed by atoms with E-state index in [1.54, 1.807) is 0 Å². The van der Waals surface area contributed by atoms with Gasteiger partial charge in [0.2, 0.25) is 5.91 Å². The number of hydrogen-bond donors (Lipinski definition) is 1. The van der Waals surface area contributed by atoms with Crippen LogP contribution in [0.5, 0.6) is 0 Å². The van der Waals surface area contributed by atoms with Crippen LogP contribution in [0.3, 0.4) is 0 Å². The third kappa shape index (κ3) is 3.82. The summed E-state index contributed by atoms with van der Waals surface area (Å²) in [5.74, 6) is 0.165. The molecule has 0 saturated carbocycles. The predicted octanol–water partition coefficient (Wildman–Crippen LogP) is 1.49. The molecule has 2 heterocycles. The largest absolute Gasteiger partial charge is 0.354 e. The molecule has 1 N–H and O–H groups in total. The summed E-state index contributed by atoms with van der Waals surface area (Å²) >= 11 is 0. The molecule has 1 saturated heterocycles. The molecule has 0 aromatic carbocycles. The van der Waals surface area contributed by atoms with Gasteiger partial charge in [0.15, 0.2) is 0 Å². The zero-order valence-corrected chi connectivity index (χ0v) is 12.9. The molecule has 2 rings (SSSR count). The fraction of sp³-hybridized carbons (Fsp3) is 0.733. The number of piperidine rings is 1. The van der Waals surface area contributed by atoms with E-state index < -0.39 is 0 Å². The number of aromatic nitrogens is 2. The highest BCUT2D eigenvalue weighted by Gasteiger charge is 2.21. The molecule has 5 heteroatoms. The first-order valence-corrected chi connectivity index (χ1v) is 7.53. The SMILES string of the molecule is Cc1ncn(CCNC(=O)C[C@H]2CCCCN2C)c1C. The molecule has 1 fully saturated rings. The van der Waals surface area contributed by atoms with Gasteiger partial charge in [-0.25, -0.2) is 4.98 Å². The zero-order valence-electron chi connectivity index (χ0n) is 12.9. The minimum absolute atomic E-state index is 0.165. The molecule has 1 aliphatic rings. The Morgan fingerprint density at radius 2 is 2.25 bits per heavy atom. The number of likely N-dealkylation sites (tertiary alicyclic amines) is 1. The molecule has 0 unspecified atom stereocenters. The average molecular weight is 278 g/mol. The van der Waals surface area contributed by atoms with Crippen LogP contribution in [0.4, 0.5) is 0 Å². The van der Waals surface area contributed by atoms with Crippen LogP contribution in [-0.2, 0) is 11.3 Å². The van der Waals surface area contributed by atoms with Crippen LogP contribution >= 0.6 is 0 Å². The van der Waals surface area contributed by atoms with Crippen molar-refractivity contribution in [2.24, 2.45) is 0 Å². The number of carbonyl (C=O) groups is 1. The Morgan fingerprint density at radius 1 is 1.45 bits per heavy atom. The molecule has 1 aliphatic heterocycles. The number of imidazole rings is 1. The minimum Gasteiger partial charge on any atom is -0.354 e. The molecule has 20 heavy (non-hydrogen) atoms. The van der Waals surface area contributed by atoms with E-state index in [0.29, 0.717) is 19.0 Å². The molecule has 0 aliphatic carbocycles. The van der Waals surface area contributed by atoms with Gasteiger partial charge < -0.3 is 14.8 Å². The molecule has 0 radical (unpaired) electrons. The van der Waals surface area contributed by atoms with Crippen molar-refractivity contribution < 1.29 is 4.79 Å². The van der Waals surface area contributed by atoms with Crippen LogP contribution in [0.15, 0.2) is 6.33 Å². The van der Waals surface area contributed by atoms with Gasteiger partial charge in [0, 0.05) is 31.2 Å². The minimum atomic E-state index is 0.165. The highest BCUT2D eigenvalue weighted by molar-refractivity contribution is 5.76. The summed E-state index contributed by atoms with van der Waals surface area (Å²) in [7, 11) is 2.12. The van der Waals surface area contributed by atoms with E-state index >= 15 is 0 Å². The van der Waals surface area contributed by atoms with Crippen molar-refractivity contribution in [2.75, 3.05) is 20.1 Å². The predicted molar refractivity (Wildman–Crippen MR) is 79.6 cm³/mol. The van der Waals surface area contributed by atoms with Crippen LogP contribution in [-0.4, -0.2) is 46.5 Å². The summed E-state index contributed by atoms with van der Waals surface area (Å²) < 4.78 is 2.09. The Morgan fingerprint density at radius 3 is 2.90 bits per heavy atom. The number of nitrogens with zero attached hydrogens (tertiary/aromatic N) is 3. The Kier molecular flexibility index (Phi) is 5.17. The van der Waals surface area contributed by atoms with Crippen molar-refractivity contribution in [1.29, 1.82) is 0 Å². The van der Waals surface area contributed by atoms with Crippen LogP contribution in [0.2, 0.25) is 0 Å². The highest BCUT2D eigenvalue weighted by Crippen LogP contribution is 2.17. The van der Waals surface area contributed by atoms with E-state index in [9.17, 15) is 4.79 Å². The van der Waals surface area contributed by atoms with Crippen molar-refractivity contribution >= 4 is 5.91 Å². The first-order valence-electron chi connectivity index (χ1n) is 7.53. The van der Waals surface area contributed by atoms with Crippen molar-refractivity contribution in [1.82, 2.24) is 19.8 Å². The maximum Gasteiger partial charge on any atom is 0.221 e. The Balaban J connectivity index is 1.71. The lowest BCUT2D eigenvalue weighted by molar-refractivity contribution is -0.122. The molecule has 1 atom stereocenters. The van der Waals surface area contributed by atoms with E-state index in [1.807, 2.05) is 13.3 Å². The molecule has 1 amide bonds. The third-order valence-corrected chi connectivity index (χ3v) is 4.36. The van der Waals surface area contributed by atoms with Crippen molar-refractivity contribution in [3.63, 3.8) is 0 Å². The average Bonchev–Trinajstić information content (AvgIpc) is 2.73. The summed E-state index contributed by atoms with van der Waals surface area (Å²) in [6.45, 7) is 6.64. The Bertz CT molecular complexity index is 455. The maximum atomic E-state index is 12.0.